The van der Waals surface area contributed by atoms with Crippen molar-refractivity contribution in [3.8, 4) is 0 Å². The molecule has 0 fully saturated rings. The quantitative estimate of drug-likeness (QED) is 0.706. The summed E-state index contributed by atoms with van der Waals surface area (Å²) in [6.07, 6.45) is 1.66. The van der Waals surface area contributed by atoms with Crippen LogP contribution < -0.4 is 0 Å². The number of hydrogen-bond donors (Lipinski definition) is 1. The highest BCUT2D eigenvalue weighted by atomic mass is 32.1. The van der Waals surface area contributed by atoms with Gasteiger partial charge in [0.25, 0.3) is 0 Å². The van der Waals surface area contributed by atoms with Gasteiger partial charge in [0.1, 0.15) is 5.76 Å². The Morgan fingerprint density at radius 3 is 3.06 bits per heavy atom. The van der Waals surface area contributed by atoms with Gasteiger partial charge in [0.2, 0.25) is 0 Å². The number of aromatic nitrogens is 3. The van der Waals surface area contributed by atoms with Crippen LogP contribution in [-0.4, -0.2) is 14.5 Å². The smallest absolute Gasteiger partial charge is 0.179 e. The molecule has 0 amide bonds. The topological polar surface area (TPSA) is 46.8 Å². The zero-order valence-electron chi connectivity index (χ0n) is 9.30. The van der Waals surface area contributed by atoms with Crippen LogP contribution in [0.3, 0.4) is 0 Å². The van der Waals surface area contributed by atoms with Crippen molar-refractivity contribution in [3.05, 3.63) is 46.8 Å². The number of pyridine rings is 1. The molecule has 3 aromatic heterocycles. The molecule has 5 heteroatoms. The van der Waals surface area contributed by atoms with Crippen LogP contribution in [0.1, 0.15) is 11.5 Å². The molecule has 3 rings (SSSR count). The van der Waals surface area contributed by atoms with Crippen LogP contribution in [0.2, 0.25) is 0 Å². The first-order chi connectivity index (χ1) is 8.24. The molecule has 0 radical (unpaired) electrons. The molecule has 0 saturated carbocycles. The third-order valence-electron chi connectivity index (χ3n) is 2.65. The number of H-pyrrole nitrogens is 1. The monoisotopic (exact) mass is 245 g/mol. The third-order valence-corrected chi connectivity index (χ3v) is 2.97. The van der Waals surface area contributed by atoms with E-state index in [0.29, 0.717) is 11.3 Å². The Kier molecular flexibility index (Phi) is 2.33. The van der Waals surface area contributed by atoms with Crippen molar-refractivity contribution >= 4 is 23.4 Å². The molecule has 4 nitrogen and oxygen atoms in total. The van der Waals surface area contributed by atoms with Gasteiger partial charge in [-0.2, -0.15) is 0 Å². The van der Waals surface area contributed by atoms with Crippen molar-refractivity contribution in [3.63, 3.8) is 0 Å². The molecule has 0 aliphatic carbocycles. The first-order valence-corrected chi connectivity index (χ1v) is 5.73. The lowest BCUT2D eigenvalue weighted by atomic mass is 10.3. The van der Waals surface area contributed by atoms with E-state index in [2.05, 4.69) is 9.97 Å². The van der Waals surface area contributed by atoms with Gasteiger partial charge in [0.15, 0.2) is 10.4 Å². The summed E-state index contributed by atoms with van der Waals surface area (Å²) in [6, 6.07) is 7.75. The largest absolute Gasteiger partial charge is 0.467 e. The molecule has 0 aromatic carbocycles. The Bertz CT molecular complexity index is 709. The van der Waals surface area contributed by atoms with E-state index in [4.69, 9.17) is 16.6 Å². The normalized spacial score (nSPS) is 11.1. The summed E-state index contributed by atoms with van der Waals surface area (Å²) < 4.78 is 7.93. The van der Waals surface area contributed by atoms with Crippen LogP contribution >= 0.6 is 12.2 Å². The zero-order valence-corrected chi connectivity index (χ0v) is 10.1. The number of aromatic amines is 1. The average molecular weight is 245 g/mol. The minimum Gasteiger partial charge on any atom is -0.467 e. The number of nitrogens with zero attached hydrogens (tertiary/aromatic N) is 2. The Balaban J connectivity index is 2.17. The van der Waals surface area contributed by atoms with E-state index in [1.54, 1.807) is 6.26 Å². The molecule has 0 aliphatic rings. The summed E-state index contributed by atoms with van der Waals surface area (Å²) in [5, 5.41) is 0. The fourth-order valence-electron chi connectivity index (χ4n) is 1.83. The second-order valence-corrected chi connectivity index (χ2v) is 4.31. The number of furan rings is 1. The van der Waals surface area contributed by atoms with Crippen LogP contribution in [0.25, 0.3) is 11.2 Å². The molecule has 1 N–H and O–H groups in total. The summed E-state index contributed by atoms with van der Waals surface area (Å²) >= 11 is 5.30. The standard InChI is InChI=1S/C12H11N3OS/c1-8-4-5-10-11(13-8)15(12(17)14-10)7-9-3-2-6-16-9/h2-6H,7H2,1H3,(H,14,17). The molecule has 3 aromatic rings. The molecular formula is C12H11N3OS. The number of rotatable bonds is 2. The van der Waals surface area contributed by atoms with Crippen LogP contribution in [0, 0.1) is 11.7 Å². The maximum Gasteiger partial charge on any atom is 0.179 e. The lowest BCUT2D eigenvalue weighted by Crippen LogP contribution is -2.00. The lowest BCUT2D eigenvalue weighted by molar-refractivity contribution is 0.494. The molecule has 0 aliphatic heterocycles. The van der Waals surface area contributed by atoms with Gasteiger partial charge in [-0.1, -0.05) is 0 Å². The molecular weight excluding hydrogens is 234 g/mol. The van der Waals surface area contributed by atoms with Crippen molar-refractivity contribution in [2.75, 3.05) is 0 Å². The highest BCUT2D eigenvalue weighted by molar-refractivity contribution is 7.71. The van der Waals surface area contributed by atoms with E-state index < -0.39 is 0 Å². The fraction of sp³-hybridized carbons (Fsp3) is 0.167. The summed E-state index contributed by atoms with van der Waals surface area (Å²) in [5.74, 6) is 0.866. The molecule has 0 spiro atoms. The van der Waals surface area contributed by atoms with Crippen molar-refractivity contribution in [2.24, 2.45) is 0 Å². The summed E-state index contributed by atoms with van der Waals surface area (Å²) in [7, 11) is 0. The Morgan fingerprint density at radius 2 is 2.29 bits per heavy atom. The van der Waals surface area contributed by atoms with E-state index >= 15 is 0 Å². The Labute approximate surface area is 103 Å². The van der Waals surface area contributed by atoms with Gasteiger partial charge in [-0.3, -0.25) is 4.57 Å². The number of fused-ring (bicyclic) bond motifs is 1. The van der Waals surface area contributed by atoms with E-state index in [1.807, 2.05) is 35.8 Å². The van der Waals surface area contributed by atoms with Crippen molar-refractivity contribution in [1.82, 2.24) is 14.5 Å². The first kappa shape index (κ1) is 10.3. The van der Waals surface area contributed by atoms with E-state index in [1.165, 1.54) is 0 Å². The molecule has 86 valence electrons. The van der Waals surface area contributed by atoms with Crippen LogP contribution in [0.4, 0.5) is 0 Å². The van der Waals surface area contributed by atoms with Crippen molar-refractivity contribution < 1.29 is 4.42 Å². The van der Waals surface area contributed by atoms with Gasteiger partial charge in [0.05, 0.1) is 18.3 Å². The summed E-state index contributed by atoms with van der Waals surface area (Å²) in [5.41, 5.74) is 2.79. The van der Waals surface area contributed by atoms with Gasteiger partial charge >= 0.3 is 0 Å². The van der Waals surface area contributed by atoms with Gasteiger partial charge in [-0.15, -0.1) is 0 Å². The first-order valence-electron chi connectivity index (χ1n) is 5.32. The summed E-state index contributed by atoms with van der Waals surface area (Å²) in [4.78, 5) is 7.64. The number of aryl methyl sites for hydroxylation is 1. The number of nitrogens with one attached hydrogen (secondary N) is 1. The zero-order chi connectivity index (χ0) is 11.8. The van der Waals surface area contributed by atoms with Crippen molar-refractivity contribution in [2.45, 2.75) is 13.5 Å². The predicted molar refractivity (Wildman–Crippen MR) is 67.5 cm³/mol. The van der Waals surface area contributed by atoms with Crippen LogP contribution in [0.5, 0.6) is 0 Å². The minimum atomic E-state index is 0.599. The van der Waals surface area contributed by atoms with E-state index in [0.717, 1.165) is 22.6 Å². The lowest BCUT2D eigenvalue weighted by Gasteiger charge is -2.01. The number of hydrogen-bond acceptors (Lipinski definition) is 3. The highest BCUT2D eigenvalue weighted by Gasteiger charge is 2.07. The Hall–Kier alpha value is -1.88. The molecule has 0 bridgehead atoms. The fourth-order valence-corrected chi connectivity index (χ4v) is 2.09. The molecule has 3 heterocycles. The highest BCUT2D eigenvalue weighted by Crippen LogP contribution is 2.14. The van der Waals surface area contributed by atoms with Crippen molar-refractivity contribution in [1.29, 1.82) is 0 Å². The molecule has 17 heavy (non-hydrogen) atoms. The van der Waals surface area contributed by atoms with Gasteiger partial charge in [-0.25, -0.2) is 4.98 Å². The third kappa shape index (κ3) is 1.78. The van der Waals surface area contributed by atoms with Gasteiger partial charge in [-0.05, 0) is 43.4 Å². The van der Waals surface area contributed by atoms with Crippen LogP contribution in [0.15, 0.2) is 34.9 Å². The maximum atomic E-state index is 5.33. The van der Waals surface area contributed by atoms with E-state index in [9.17, 15) is 0 Å². The van der Waals surface area contributed by atoms with Gasteiger partial charge in [0, 0.05) is 5.69 Å². The Morgan fingerprint density at radius 1 is 1.41 bits per heavy atom. The minimum absolute atomic E-state index is 0.599. The molecule has 0 atom stereocenters. The predicted octanol–water partition coefficient (Wildman–Crippen LogP) is 3.04. The second kappa shape index (κ2) is 3.85. The van der Waals surface area contributed by atoms with Crippen LogP contribution in [-0.2, 0) is 6.54 Å². The second-order valence-electron chi connectivity index (χ2n) is 3.92. The summed E-state index contributed by atoms with van der Waals surface area (Å²) in [6.45, 7) is 2.56. The molecule has 0 unspecified atom stereocenters. The molecule has 0 saturated heterocycles. The van der Waals surface area contributed by atoms with Gasteiger partial charge < -0.3 is 9.40 Å². The average Bonchev–Trinajstić information content (AvgIpc) is 2.90. The van der Waals surface area contributed by atoms with E-state index in [-0.39, 0.29) is 0 Å². The maximum absolute atomic E-state index is 5.33. The number of imidazole rings is 1. The SMILES string of the molecule is Cc1ccc2[nH]c(=S)n(Cc3ccco3)c2n1.